The second-order valence-corrected chi connectivity index (χ2v) is 10.3. The van der Waals surface area contributed by atoms with Crippen LogP contribution in [0.1, 0.15) is 46.1 Å². The molecule has 28 heavy (non-hydrogen) atoms. The van der Waals surface area contributed by atoms with Crippen molar-refractivity contribution in [3.8, 4) is 5.69 Å². The smallest absolute Gasteiger partial charge is 0.240 e. The zero-order chi connectivity index (χ0) is 21.1. The van der Waals surface area contributed by atoms with Crippen LogP contribution in [0.25, 0.3) is 5.69 Å². The number of rotatable bonds is 9. The van der Waals surface area contributed by atoms with Crippen molar-refractivity contribution >= 4 is 20.0 Å². The first-order valence-electron chi connectivity index (χ1n) is 9.20. The number of hydrogen-bond donors (Lipinski definition) is 2. The lowest BCUT2D eigenvalue weighted by Gasteiger charge is -2.15. The highest BCUT2D eigenvalue weighted by Crippen LogP contribution is 2.21. The number of benzene rings is 1. The van der Waals surface area contributed by atoms with E-state index in [-0.39, 0.29) is 21.9 Å². The summed E-state index contributed by atoms with van der Waals surface area (Å²) in [6.45, 7) is 9.08. The summed E-state index contributed by atoms with van der Waals surface area (Å²) < 4.78 is 56.7. The first kappa shape index (κ1) is 22.5. The molecule has 0 amide bonds. The van der Waals surface area contributed by atoms with Gasteiger partial charge in [0.15, 0.2) is 0 Å². The van der Waals surface area contributed by atoms with Crippen LogP contribution in [0.3, 0.4) is 0 Å². The lowest BCUT2D eigenvalue weighted by Crippen LogP contribution is -2.32. The summed E-state index contributed by atoms with van der Waals surface area (Å²) in [7, 11) is -7.38. The third-order valence-electron chi connectivity index (χ3n) is 4.53. The van der Waals surface area contributed by atoms with Gasteiger partial charge in [0.05, 0.1) is 23.0 Å². The minimum absolute atomic E-state index is 0.0236. The molecule has 2 aromatic rings. The van der Waals surface area contributed by atoms with E-state index in [4.69, 9.17) is 0 Å². The Hall–Kier alpha value is -1.75. The van der Waals surface area contributed by atoms with Crippen molar-refractivity contribution in [1.29, 1.82) is 0 Å². The van der Waals surface area contributed by atoms with Crippen molar-refractivity contribution in [1.82, 2.24) is 19.2 Å². The number of aromatic nitrogens is 2. The highest BCUT2D eigenvalue weighted by atomic mass is 32.2. The molecule has 0 spiro atoms. The van der Waals surface area contributed by atoms with Gasteiger partial charge in [-0.3, -0.25) is 0 Å². The molecule has 0 saturated carbocycles. The highest BCUT2D eigenvalue weighted by molar-refractivity contribution is 7.89. The molecular weight excluding hydrogens is 400 g/mol. The summed E-state index contributed by atoms with van der Waals surface area (Å²) in [6, 6.07) is 4.47. The van der Waals surface area contributed by atoms with Gasteiger partial charge in [0, 0.05) is 12.1 Å². The van der Waals surface area contributed by atoms with Crippen LogP contribution in [0.15, 0.2) is 40.4 Å². The summed E-state index contributed by atoms with van der Waals surface area (Å²) in [4.78, 5) is 0.165. The molecule has 0 fully saturated rings. The van der Waals surface area contributed by atoms with E-state index in [9.17, 15) is 16.8 Å². The number of aryl methyl sites for hydroxylation is 1. The summed E-state index contributed by atoms with van der Waals surface area (Å²) >= 11 is 0. The molecule has 0 unspecified atom stereocenters. The van der Waals surface area contributed by atoms with Crippen LogP contribution in [0, 0.1) is 6.92 Å². The molecule has 2 atom stereocenters. The fourth-order valence-corrected chi connectivity index (χ4v) is 5.28. The number of sulfonamides is 2. The monoisotopic (exact) mass is 428 g/mol. The van der Waals surface area contributed by atoms with Crippen LogP contribution in [-0.4, -0.2) is 38.7 Å². The Balaban J connectivity index is 2.40. The molecule has 0 radical (unpaired) electrons. The zero-order valence-electron chi connectivity index (χ0n) is 16.8. The van der Waals surface area contributed by atoms with Crippen molar-refractivity contribution in [2.24, 2.45) is 0 Å². The standard InChI is InChI=1S/C18H28N4O4S2/c1-6-14(4)20-27(23,24)17-11-19-22(12-17)16-9-8-13(3)18(10-16)28(25,26)21-15(5)7-2/h8-12,14-15,20-21H,6-7H2,1-5H3/t14-,15-/m1/s1. The molecule has 1 heterocycles. The van der Waals surface area contributed by atoms with Crippen LogP contribution in [0.4, 0.5) is 0 Å². The average Bonchev–Trinajstić information content (AvgIpc) is 3.12. The Morgan fingerprint density at radius 1 is 1.00 bits per heavy atom. The minimum atomic E-state index is -3.70. The third kappa shape index (κ3) is 5.19. The molecule has 1 aromatic carbocycles. The first-order chi connectivity index (χ1) is 13.0. The normalized spacial score (nSPS) is 14.8. The van der Waals surface area contributed by atoms with Crippen molar-refractivity contribution in [2.75, 3.05) is 0 Å². The fraction of sp³-hybridized carbons (Fsp3) is 0.500. The van der Waals surface area contributed by atoms with Gasteiger partial charge in [0.2, 0.25) is 20.0 Å². The van der Waals surface area contributed by atoms with Crippen LogP contribution in [-0.2, 0) is 20.0 Å². The lowest BCUT2D eigenvalue weighted by molar-refractivity contribution is 0.553. The van der Waals surface area contributed by atoms with E-state index < -0.39 is 20.0 Å². The van der Waals surface area contributed by atoms with E-state index in [2.05, 4.69) is 14.5 Å². The maximum absolute atomic E-state index is 12.7. The van der Waals surface area contributed by atoms with Crippen LogP contribution >= 0.6 is 0 Å². The molecule has 156 valence electrons. The fourth-order valence-electron chi connectivity index (χ4n) is 2.43. The van der Waals surface area contributed by atoms with E-state index >= 15 is 0 Å². The zero-order valence-corrected chi connectivity index (χ0v) is 18.4. The summed E-state index contributed by atoms with van der Waals surface area (Å²) in [6.07, 6.45) is 3.95. The molecule has 0 aliphatic carbocycles. The molecule has 10 heteroatoms. The van der Waals surface area contributed by atoms with Crippen LogP contribution in [0.2, 0.25) is 0 Å². The van der Waals surface area contributed by atoms with Gasteiger partial charge in [0.25, 0.3) is 0 Å². The van der Waals surface area contributed by atoms with Gasteiger partial charge in [-0.05, 0) is 51.3 Å². The minimum Gasteiger partial charge on any atom is -0.240 e. The number of nitrogens with zero attached hydrogens (tertiary/aromatic N) is 2. The van der Waals surface area contributed by atoms with Crippen LogP contribution in [0.5, 0.6) is 0 Å². The van der Waals surface area contributed by atoms with Crippen molar-refractivity contribution in [3.63, 3.8) is 0 Å². The average molecular weight is 429 g/mol. The van der Waals surface area contributed by atoms with Gasteiger partial charge in [-0.2, -0.15) is 5.10 Å². The molecule has 0 saturated heterocycles. The van der Waals surface area contributed by atoms with E-state index in [0.29, 0.717) is 24.1 Å². The number of nitrogens with one attached hydrogen (secondary N) is 2. The Labute approximate surface area is 167 Å². The molecule has 2 N–H and O–H groups in total. The molecule has 2 rings (SSSR count). The van der Waals surface area contributed by atoms with Crippen molar-refractivity contribution in [2.45, 2.75) is 69.3 Å². The Morgan fingerprint density at radius 3 is 2.14 bits per heavy atom. The third-order valence-corrected chi connectivity index (χ3v) is 7.81. The van der Waals surface area contributed by atoms with Crippen molar-refractivity contribution < 1.29 is 16.8 Å². The topological polar surface area (TPSA) is 110 Å². The first-order valence-corrected chi connectivity index (χ1v) is 12.2. The second kappa shape index (κ2) is 8.73. The van der Waals surface area contributed by atoms with Crippen LogP contribution < -0.4 is 9.44 Å². The van der Waals surface area contributed by atoms with E-state index in [1.165, 1.54) is 23.1 Å². The van der Waals surface area contributed by atoms with Gasteiger partial charge in [-0.25, -0.2) is 31.0 Å². The largest absolute Gasteiger partial charge is 0.243 e. The SMILES string of the molecule is CC[C@@H](C)NS(=O)(=O)c1cnn(-c2ccc(C)c(S(=O)(=O)N[C@H](C)CC)c2)c1. The molecule has 1 aromatic heterocycles. The summed E-state index contributed by atoms with van der Waals surface area (Å²) in [5, 5.41) is 4.10. The Morgan fingerprint density at radius 2 is 1.57 bits per heavy atom. The predicted molar refractivity (Wildman–Crippen MR) is 108 cm³/mol. The molecule has 0 bridgehead atoms. The Bertz CT molecular complexity index is 1030. The van der Waals surface area contributed by atoms with E-state index in [1.807, 2.05) is 13.8 Å². The molecular formula is C18H28N4O4S2. The quantitative estimate of drug-likeness (QED) is 0.637. The maximum atomic E-state index is 12.7. The molecule has 0 aliphatic heterocycles. The summed E-state index contributed by atoms with van der Waals surface area (Å²) in [5.41, 5.74) is 1.05. The summed E-state index contributed by atoms with van der Waals surface area (Å²) in [5.74, 6) is 0. The molecule has 0 aliphatic rings. The van der Waals surface area contributed by atoms with E-state index in [1.54, 1.807) is 32.9 Å². The molecule has 8 nitrogen and oxygen atoms in total. The van der Waals surface area contributed by atoms with E-state index in [0.717, 1.165) is 0 Å². The van der Waals surface area contributed by atoms with Gasteiger partial charge in [0.1, 0.15) is 4.90 Å². The van der Waals surface area contributed by atoms with Gasteiger partial charge < -0.3 is 0 Å². The maximum Gasteiger partial charge on any atom is 0.243 e. The van der Waals surface area contributed by atoms with Crippen molar-refractivity contribution in [3.05, 3.63) is 36.2 Å². The second-order valence-electron chi connectivity index (χ2n) is 6.93. The predicted octanol–water partition coefficient (Wildman–Crippen LogP) is 2.33. The Kier molecular flexibility index (Phi) is 7.02. The number of hydrogen-bond acceptors (Lipinski definition) is 5. The van der Waals surface area contributed by atoms with Gasteiger partial charge >= 0.3 is 0 Å². The lowest BCUT2D eigenvalue weighted by atomic mass is 10.2. The highest BCUT2D eigenvalue weighted by Gasteiger charge is 2.22. The van der Waals surface area contributed by atoms with Gasteiger partial charge in [-0.1, -0.05) is 19.9 Å². The van der Waals surface area contributed by atoms with Gasteiger partial charge in [-0.15, -0.1) is 0 Å².